The molecular weight excluding hydrogens is 116 g/mol. The van der Waals surface area contributed by atoms with E-state index in [-0.39, 0.29) is 57.5 Å². The van der Waals surface area contributed by atoms with Crippen LogP contribution in [-0.4, -0.2) is 101 Å². The first-order valence-corrected chi connectivity index (χ1v) is 1.56. The van der Waals surface area contributed by atoms with E-state index in [1.807, 2.05) is 0 Å². The topological polar surface area (TPSA) is 0 Å². The van der Waals surface area contributed by atoms with Crippen LogP contribution in [0.5, 0.6) is 0 Å². The third-order valence-electron chi connectivity index (χ3n) is 0. The van der Waals surface area contributed by atoms with Gasteiger partial charge in [-0.2, -0.15) is 0 Å². The van der Waals surface area contributed by atoms with Crippen LogP contribution in [0.1, 0.15) is 1.43 Å². The van der Waals surface area contributed by atoms with Crippen molar-refractivity contribution >= 4 is 101 Å². The van der Waals surface area contributed by atoms with Crippen molar-refractivity contribution in [2.45, 2.75) is 0 Å². The van der Waals surface area contributed by atoms with Crippen molar-refractivity contribution in [1.82, 2.24) is 0 Å². The van der Waals surface area contributed by atoms with Gasteiger partial charge in [0.25, 0.3) is 0 Å². The zero-order chi connectivity index (χ0) is 2.00. The van der Waals surface area contributed by atoms with E-state index in [0.717, 1.165) is 0 Å². The summed E-state index contributed by atoms with van der Waals surface area (Å²) < 4.78 is 9.69. The first-order chi connectivity index (χ1) is 1.00. The van der Waals surface area contributed by atoms with E-state index in [2.05, 4.69) is 0 Å². The molecule has 0 heterocycles. The molecular formula is H3F2K2+. The Morgan fingerprint density at radius 3 is 1.50 bits per heavy atom. The summed E-state index contributed by atoms with van der Waals surface area (Å²) in [6, 6.07) is 0. The van der Waals surface area contributed by atoms with Crippen LogP contribution in [0.4, 0.5) is 4.49 Å². The molecule has 0 aliphatic rings. The van der Waals surface area contributed by atoms with Crippen molar-refractivity contribution in [1.29, 1.82) is 0 Å². The third-order valence-corrected chi connectivity index (χ3v) is 0. The van der Waals surface area contributed by atoms with Gasteiger partial charge in [-0.25, -0.2) is 0 Å². The first kappa shape index (κ1) is 15.7. The molecule has 0 bridgehead atoms. The molecule has 0 fully saturated rings. The first-order valence-electron chi connectivity index (χ1n) is 0.378. The molecule has 0 aliphatic heterocycles. The van der Waals surface area contributed by atoms with Gasteiger partial charge in [-0.1, -0.05) is 0 Å². The molecule has 0 radical (unpaired) electrons. The summed E-state index contributed by atoms with van der Waals surface area (Å²) in [5.74, 6) is 0. The average molecular weight is 119 g/mol. The van der Waals surface area contributed by atoms with Gasteiger partial charge in [0.15, 0.2) is 0 Å². The van der Waals surface area contributed by atoms with Crippen LogP contribution in [0, 0.1) is 0 Å². The molecule has 0 N–H and O–H groups in total. The second-order valence-corrected chi connectivity index (χ2v) is 0. The molecule has 0 atom stereocenters. The van der Waals surface area contributed by atoms with E-state index >= 15 is 0 Å². The van der Waals surface area contributed by atoms with Gasteiger partial charge in [0.1, 0.15) is 0 Å². The summed E-state index contributed by atoms with van der Waals surface area (Å²) in [4.78, 5) is 0. The monoisotopic (exact) mass is 119 g/mol. The van der Waals surface area contributed by atoms with Crippen molar-refractivity contribution in [3.8, 4) is 0 Å². The summed E-state index contributed by atoms with van der Waals surface area (Å²) in [5, 5.41) is 0. The van der Waals surface area contributed by atoms with E-state index in [0.29, 0.717) is 0 Å². The molecule has 0 saturated heterocycles. The molecule has 0 saturated carbocycles. The molecule has 0 unspecified atom stereocenters. The summed E-state index contributed by atoms with van der Waals surface area (Å²) in [6.45, 7) is 0. The summed E-state index contributed by atoms with van der Waals surface area (Å²) in [7, 11) is 0. The van der Waals surface area contributed by atoms with Crippen molar-refractivity contribution in [2.75, 3.05) is 0 Å². The fourth-order valence-electron chi connectivity index (χ4n) is 0. The fourth-order valence-corrected chi connectivity index (χ4v) is 0. The number of halogens is 2. The molecule has 18 valence electrons. The van der Waals surface area contributed by atoms with Crippen LogP contribution in [0.15, 0.2) is 0 Å². The summed E-state index contributed by atoms with van der Waals surface area (Å²) in [5.41, 5.74) is 0. The van der Waals surface area contributed by atoms with Gasteiger partial charge in [-0.15, -0.1) is 0 Å². The fraction of sp³-hybridized carbons (Fsp3) is 0. The second-order valence-electron chi connectivity index (χ2n) is 0. The minimum absolute atomic E-state index is 0. The predicted molar refractivity (Wildman–Crippen MR) is 17.6 cm³/mol. The van der Waals surface area contributed by atoms with Crippen LogP contribution in [0.2, 0.25) is 0 Å². The summed E-state index contributed by atoms with van der Waals surface area (Å²) in [6.07, 6.45) is 0. The average Bonchev–Trinajstić information content (AvgIpc) is 1.00. The van der Waals surface area contributed by atoms with Crippen LogP contribution >= 0.6 is 0 Å². The normalized spacial score (nSPS) is 1.75. The van der Waals surface area contributed by atoms with Crippen LogP contribution in [0.3, 0.4) is 0 Å². The van der Waals surface area contributed by atoms with Crippen molar-refractivity contribution < 1.29 is 5.92 Å². The Hall–Kier alpha value is 3.13. The van der Waals surface area contributed by atoms with Gasteiger partial charge in [-0.3, -0.25) is 4.70 Å². The number of hydrogen-bond donors (Lipinski definition) is 0. The van der Waals surface area contributed by atoms with Gasteiger partial charge in [0.05, 0.1) is 0 Å². The Kier molecular flexibility index (Phi) is 64.6. The molecule has 0 rings (SSSR count). The van der Waals surface area contributed by atoms with E-state index < -0.39 is 49.9 Å². The zero-order valence-corrected chi connectivity index (χ0v) is 4.91. The minimum atomic E-state index is -0.438. The van der Waals surface area contributed by atoms with Crippen LogP contribution in [-0.2, 0) is 0 Å². The second kappa shape index (κ2) is 16.5. The zero-order valence-electron chi connectivity index (χ0n) is 2.79. The maximum atomic E-state index is 9.69. The van der Waals surface area contributed by atoms with Crippen molar-refractivity contribution in [2.24, 2.45) is 0 Å². The van der Waals surface area contributed by atoms with E-state index in [1.165, 1.54) is 0 Å². The standard InChI is InChI=1S/2FH.2K.H/h2*1H;;;/q;;;+1;. The number of hydrogen-bond acceptors (Lipinski definition) is 0. The molecule has 4 heavy (non-hydrogen) atoms. The van der Waals surface area contributed by atoms with Crippen LogP contribution in [0.25, 0.3) is 0 Å². The van der Waals surface area contributed by atoms with Gasteiger partial charge < -0.3 is 0 Å². The van der Waals surface area contributed by atoms with E-state index in [4.69, 9.17) is 0 Å². The SMILES string of the molecule is F.[F][K].[H+].[KH]. The molecule has 0 aromatic heterocycles. The molecule has 0 aromatic rings. The quantitative estimate of drug-likeness (QED) is 0.383. The van der Waals surface area contributed by atoms with Crippen molar-refractivity contribution in [3.63, 3.8) is 0 Å². The Morgan fingerprint density at radius 2 is 1.50 bits per heavy atom. The predicted octanol–water partition coefficient (Wildman–Crippen LogP) is -0.344. The van der Waals surface area contributed by atoms with Gasteiger partial charge in [-0.05, 0) is 0 Å². The Balaban J connectivity index is -0.00000000167. The Labute approximate surface area is 104 Å². The third kappa shape index (κ3) is 8.93. The summed E-state index contributed by atoms with van der Waals surface area (Å²) >= 11 is -0.438. The number of rotatable bonds is 0. The molecule has 0 nitrogen and oxygen atoms in total. The van der Waals surface area contributed by atoms with Gasteiger partial charge in [0.2, 0.25) is 0 Å². The van der Waals surface area contributed by atoms with Gasteiger partial charge >= 0.3 is 103 Å². The molecule has 0 aromatic carbocycles. The molecule has 0 spiro atoms. The van der Waals surface area contributed by atoms with Crippen LogP contribution < -0.4 is 0 Å². The Morgan fingerprint density at radius 1 is 1.50 bits per heavy atom. The molecule has 4 heteroatoms. The molecule has 0 aliphatic carbocycles. The Bertz CT molecular complexity index is 7.61. The maximum absolute atomic E-state index is 9.69. The van der Waals surface area contributed by atoms with E-state index in [1.54, 1.807) is 0 Å². The van der Waals surface area contributed by atoms with Crippen molar-refractivity contribution in [3.05, 3.63) is 0 Å². The molecule has 0 amide bonds. The van der Waals surface area contributed by atoms with E-state index in [9.17, 15) is -0.211 Å². The van der Waals surface area contributed by atoms with Gasteiger partial charge in [0, 0.05) is 0 Å².